The molecule has 0 aromatic heterocycles. The molecule has 0 bridgehead atoms. The Morgan fingerprint density at radius 1 is 1.29 bits per heavy atom. The van der Waals surface area contributed by atoms with Gasteiger partial charge in [-0.25, -0.2) is 0 Å². The fraction of sp³-hybridized carbons (Fsp3) is 0.118. The number of benzene rings is 2. The zero-order valence-electron chi connectivity index (χ0n) is 11.6. The molecule has 21 heavy (non-hydrogen) atoms. The summed E-state index contributed by atoms with van der Waals surface area (Å²) in [5.74, 6) is 5.45. The number of amides is 1. The quantitative estimate of drug-likeness (QED) is 0.837. The zero-order chi connectivity index (χ0) is 15.2. The molecule has 0 aliphatic carbocycles. The molecular formula is C17H15ClN2O. The third kappa shape index (κ3) is 3.85. The second kappa shape index (κ2) is 6.94. The highest BCUT2D eigenvalue weighted by Crippen LogP contribution is 2.20. The number of hydrogen-bond acceptors (Lipinski definition) is 2. The summed E-state index contributed by atoms with van der Waals surface area (Å²) in [7, 11) is 0. The predicted molar refractivity (Wildman–Crippen MR) is 86.5 cm³/mol. The first-order valence-corrected chi connectivity index (χ1v) is 6.85. The summed E-state index contributed by atoms with van der Waals surface area (Å²) in [6.07, 6.45) is 0. The van der Waals surface area contributed by atoms with Crippen LogP contribution in [0.5, 0.6) is 0 Å². The molecule has 0 radical (unpaired) electrons. The number of carbonyl (C=O) groups is 1. The van der Waals surface area contributed by atoms with E-state index in [1.807, 2.05) is 31.2 Å². The van der Waals surface area contributed by atoms with Gasteiger partial charge in [-0.15, -0.1) is 0 Å². The lowest BCUT2D eigenvalue weighted by molar-refractivity contribution is 0.102. The molecule has 4 heteroatoms. The van der Waals surface area contributed by atoms with Crippen molar-refractivity contribution in [3.05, 3.63) is 64.2 Å². The van der Waals surface area contributed by atoms with Crippen molar-refractivity contribution in [3.8, 4) is 11.8 Å². The minimum atomic E-state index is -0.262. The van der Waals surface area contributed by atoms with Gasteiger partial charge in [0.2, 0.25) is 0 Å². The number of para-hydroxylation sites is 1. The average molecular weight is 299 g/mol. The molecule has 3 nitrogen and oxygen atoms in total. The van der Waals surface area contributed by atoms with Crippen molar-refractivity contribution in [2.45, 2.75) is 6.92 Å². The number of nitrogens with two attached hydrogens (primary N) is 1. The van der Waals surface area contributed by atoms with Crippen molar-refractivity contribution in [1.82, 2.24) is 0 Å². The summed E-state index contributed by atoms with van der Waals surface area (Å²) in [4.78, 5) is 12.3. The average Bonchev–Trinajstić information content (AvgIpc) is 2.46. The van der Waals surface area contributed by atoms with Gasteiger partial charge >= 0.3 is 0 Å². The molecule has 2 aromatic rings. The molecule has 0 heterocycles. The number of rotatable bonds is 2. The normalized spacial score (nSPS) is 9.67. The third-order valence-electron chi connectivity index (χ3n) is 2.87. The molecular weight excluding hydrogens is 284 g/mol. The van der Waals surface area contributed by atoms with Crippen molar-refractivity contribution in [1.29, 1.82) is 0 Å². The second-order valence-electron chi connectivity index (χ2n) is 4.49. The zero-order valence-corrected chi connectivity index (χ0v) is 12.4. The summed E-state index contributed by atoms with van der Waals surface area (Å²) in [5, 5.41) is 3.26. The van der Waals surface area contributed by atoms with E-state index in [0.29, 0.717) is 16.3 Å². The maximum absolute atomic E-state index is 12.3. The topological polar surface area (TPSA) is 55.1 Å². The van der Waals surface area contributed by atoms with Gasteiger partial charge in [-0.3, -0.25) is 4.79 Å². The Labute approximate surface area is 129 Å². The maximum Gasteiger partial charge on any atom is 0.257 e. The van der Waals surface area contributed by atoms with Crippen LogP contribution in [0.15, 0.2) is 42.5 Å². The monoisotopic (exact) mass is 298 g/mol. The Kier molecular flexibility index (Phi) is 4.99. The van der Waals surface area contributed by atoms with Crippen LogP contribution in [0, 0.1) is 18.8 Å². The lowest BCUT2D eigenvalue weighted by atomic mass is 10.1. The Bertz CT molecular complexity index is 729. The highest BCUT2D eigenvalue weighted by atomic mass is 35.5. The number of hydrogen-bond donors (Lipinski definition) is 2. The molecule has 2 aromatic carbocycles. The molecule has 0 aliphatic rings. The van der Waals surface area contributed by atoms with Crippen molar-refractivity contribution >= 4 is 23.2 Å². The molecule has 0 atom stereocenters. The van der Waals surface area contributed by atoms with E-state index in [4.69, 9.17) is 17.3 Å². The van der Waals surface area contributed by atoms with E-state index in [2.05, 4.69) is 17.2 Å². The van der Waals surface area contributed by atoms with Crippen molar-refractivity contribution in [2.24, 2.45) is 5.73 Å². The number of halogens is 1. The van der Waals surface area contributed by atoms with Gasteiger partial charge < -0.3 is 11.1 Å². The Morgan fingerprint density at radius 2 is 2.05 bits per heavy atom. The molecule has 106 valence electrons. The van der Waals surface area contributed by atoms with E-state index in [0.717, 1.165) is 11.1 Å². The first kappa shape index (κ1) is 15.1. The summed E-state index contributed by atoms with van der Waals surface area (Å²) in [5.41, 5.74) is 8.17. The highest BCUT2D eigenvalue weighted by molar-refractivity contribution is 6.34. The highest BCUT2D eigenvalue weighted by Gasteiger charge is 2.11. The first-order chi connectivity index (χ1) is 10.1. The smallest absolute Gasteiger partial charge is 0.257 e. The van der Waals surface area contributed by atoms with E-state index in [9.17, 15) is 4.79 Å². The first-order valence-electron chi connectivity index (χ1n) is 6.47. The molecule has 0 spiro atoms. The molecule has 2 rings (SSSR count). The van der Waals surface area contributed by atoms with Gasteiger partial charge in [0.1, 0.15) is 0 Å². The summed E-state index contributed by atoms with van der Waals surface area (Å²) in [6.45, 7) is 2.19. The summed E-state index contributed by atoms with van der Waals surface area (Å²) < 4.78 is 0. The minimum absolute atomic E-state index is 0.262. The van der Waals surface area contributed by atoms with Crippen LogP contribution >= 0.6 is 11.6 Å². The van der Waals surface area contributed by atoms with Gasteiger partial charge in [-0.1, -0.05) is 41.6 Å². The van der Waals surface area contributed by atoms with Crippen LogP contribution in [0.4, 0.5) is 5.69 Å². The molecule has 0 unspecified atom stereocenters. The Balaban J connectivity index is 2.27. The maximum atomic E-state index is 12.3. The number of anilines is 1. The van der Waals surface area contributed by atoms with Gasteiger partial charge in [-0.05, 0) is 36.8 Å². The van der Waals surface area contributed by atoms with Crippen LogP contribution in [0.1, 0.15) is 21.5 Å². The SMILES string of the molecule is Cc1ccc(C(=O)Nc2ccccc2C#CCN)c(Cl)c1. The Hall–Kier alpha value is -2.28. The summed E-state index contributed by atoms with van der Waals surface area (Å²) >= 11 is 6.11. The van der Waals surface area contributed by atoms with Crippen molar-refractivity contribution in [2.75, 3.05) is 11.9 Å². The van der Waals surface area contributed by atoms with E-state index in [-0.39, 0.29) is 12.5 Å². The Morgan fingerprint density at radius 3 is 2.76 bits per heavy atom. The lowest BCUT2D eigenvalue weighted by Crippen LogP contribution is -2.13. The molecule has 0 saturated heterocycles. The van der Waals surface area contributed by atoms with E-state index in [1.54, 1.807) is 18.2 Å². The van der Waals surface area contributed by atoms with Gasteiger partial charge in [0, 0.05) is 5.56 Å². The lowest BCUT2D eigenvalue weighted by Gasteiger charge is -2.09. The van der Waals surface area contributed by atoms with Gasteiger partial charge in [0.15, 0.2) is 0 Å². The van der Waals surface area contributed by atoms with Gasteiger partial charge in [-0.2, -0.15) is 0 Å². The number of carbonyl (C=O) groups excluding carboxylic acids is 1. The second-order valence-corrected chi connectivity index (χ2v) is 4.90. The fourth-order valence-corrected chi connectivity index (χ4v) is 2.16. The minimum Gasteiger partial charge on any atom is -0.321 e. The van der Waals surface area contributed by atoms with Gasteiger partial charge in [0.05, 0.1) is 22.8 Å². The largest absolute Gasteiger partial charge is 0.321 e. The number of nitrogens with one attached hydrogen (secondary N) is 1. The molecule has 0 fully saturated rings. The van der Waals surface area contributed by atoms with Crippen molar-refractivity contribution < 1.29 is 4.79 Å². The third-order valence-corrected chi connectivity index (χ3v) is 3.18. The molecule has 3 N–H and O–H groups in total. The van der Waals surface area contributed by atoms with Crippen LogP contribution in [0.25, 0.3) is 0 Å². The molecule has 1 amide bonds. The van der Waals surface area contributed by atoms with Gasteiger partial charge in [0.25, 0.3) is 5.91 Å². The summed E-state index contributed by atoms with van der Waals surface area (Å²) in [6, 6.07) is 12.6. The predicted octanol–water partition coefficient (Wildman–Crippen LogP) is 3.21. The standard InChI is InChI=1S/C17H15ClN2O/c1-12-8-9-14(15(18)11-12)17(21)20-16-7-3-2-5-13(16)6-4-10-19/h2-3,5,7-9,11H,10,19H2,1H3,(H,20,21). The van der Waals surface area contributed by atoms with E-state index in [1.165, 1.54) is 0 Å². The van der Waals surface area contributed by atoms with Crippen molar-refractivity contribution in [3.63, 3.8) is 0 Å². The van der Waals surface area contributed by atoms with Crippen LogP contribution in [0.2, 0.25) is 5.02 Å². The van der Waals surface area contributed by atoms with Crippen LogP contribution < -0.4 is 11.1 Å². The van der Waals surface area contributed by atoms with E-state index < -0.39 is 0 Å². The van der Waals surface area contributed by atoms with Crippen LogP contribution in [-0.2, 0) is 0 Å². The molecule has 0 aliphatic heterocycles. The van der Waals surface area contributed by atoms with E-state index >= 15 is 0 Å². The van der Waals surface area contributed by atoms with Crippen LogP contribution in [-0.4, -0.2) is 12.5 Å². The molecule has 0 saturated carbocycles. The van der Waals surface area contributed by atoms with Crippen LogP contribution in [0.3, 0.4) is 0 Å². The number of aryl methyl sites for hydroxylation is 1. The fourth-order valence-electron chi connectivity index (χ4n) is 1.84.